The lowest BCUT2D eigenvalue weighted by Gasteiger charge is -2.12. The average molecular weight is 879 g/mol. The van der Waals surface area contributed by atoms with E-state index in [0.717, 1.165) is 56.2 Å². The largest absolute Gasteiger partial charge is 0.292 e. The maximum absolute atomic E-state index is 5.15. The molecule has 0 saturated heterocycles. The molecule has 0 unspecified atom stereocenters. The van der Waals surface area contributed by atoms with E-state index in [1.54, 1.807) is 0 Å². The summed E-state index contributed by atoms with van der Waals surface area (Å²) >= 11 is 3.76. The molecule has 13 rings (SSSR count). The second-order valence-corrected chi connectivity index (χ2v) is 18.6. The third kappa shape index (κ3) is 6.41. The molecule has 0 amide bonds. The first-order chi connectivity index (χ1) is 32.7. The van der Waals surface area contributed by atoms with Crippen LogP contribution in [-0.2, 0) is 0 Å². The minimum Gasteiger partial charge on any atom is -0.292 e. The fourth-order valence-electron chi connectivity index (χ4n) is 9.52. The lowest BCUT2D eigenvalue weighted by Crippen LogP contribution is -1.97. The molecule has 4 nitrogen and oxygen atoms in total. The summed E-state index contributed by atoms with van der Waals surface area (Å²) in [6, 6.07) is 82.5. The molecule has 0 N–H and O–H groups in total. The Labute approximate surface area is 389 Å². The van der Waals surface area contributed by atoms with Crippen LogP contribution in [0, 0.1) is 0 Å². The summed E-state index contributed by atoms with van der Waals surface area (Å²) in [6.45, 7) is 0. The molecule has 0 aliphatic heterocycles. The summed E-state index contributed by atoms with van der Waals surface area (Å²) in [5.74, 6) is 1.86. The van der Waals surface area contributed by atoms with Gasteiger partial charge in [0.05, 0.1) is 22.1 Å². The zero-order valence-corrected chi connectivity index (χ0v) is 37.2. The molecule has 6 heteroatoms. The number of benzene rings is 9. The summed E-state index contributed by atoms with van der Waals surface area (Å²) in [4.78, 5) is 12.8. The van der Waals surface area contributed by atoms with Crippen molar-refractivity contribution in [2.24, 2.45) is 0 Å². The van der Waals surface area contributed by atoms with Crippen molar-refractivity contribution >= 4 is 64.9 Å². The first-order valence-electron chi connectivity index (χ1n) is 22.1. The number of hydrogen-bond acceptors (Lipinski definition) is 4. The van der Waals surface area contributed by atoms with Crippen molar-refractivity contribution in [2.75, 3.05) is 0 Å². The van der Waals surface area contributed by atoms with Gasteiger partial charge in [0.1, 0.15) is 11.6 Å². The molecule has 310 valence electrons. The van der Waals surface area contributed by atoms with Crippen molar-refractivity contribution in [1.29, 1.82) is 0 Å². The number of para-hydroxylation sites is 6. The Balaban J connectivity index is 0.952. The van der Waals surface area contributed by atoms with Crippen LogP contribution in [0.25, 0.3) is 120 Å². The van der Waals surface area contributed by atoms with Crippen LogP contribution in [0.15, 0.2) is 231 Å². The predicted molar refractivity (Wildman–Crippen MR) is 279 cm³/mol. The summed E-state index contributed by atoms with van der Waals surface area (Å²) in [6.07, 6.45) is 0. The highest BCUT2D eigenvalue weighted by Gasteiger charge is 2.23. The Kier molecular flexibility index (Phi) is 9.18. The Bertz CT molecular complexity index is 3570. The van der Waals surface area contributed by atoms with E-state index in [9.17, 15) is 0 Å². The van der Waals surface area contributed by atoms with Gasteiger partial charge in [-0.3, -0.25) is 9.13 Å². The first-order valence-corrected chi connectivity index (χ1v) is 23.8. The van der Waals surface area contributed by atoms with E-state index in [-0.39, 0.29) is 0 Å². The van der Waals surface area contributed by atoms with Crippen molar-refractivity contribution in [3.8, 4) is 77.3 Å². The van der Waals surface area contributed by atoms with E-state index in [1.165, 1.54) is 63.3 Å². The molecule has 0 saturated carbocycles. The molecular formula is C60H38N4S2. The van der Waals surface area contributed by atoms with E-state index in [0.29, 0.717) is 0 Å². The van der Waals surface area contributed by atoms with Crippen molar-refractivity contribution in [3.05, 3.63) is 231 Å². The summed E-state index contributed by atoms with van der Waals surface area (Å²) in [5, 5.41) is 2.54. The molecule has 0 aliphatic rings. The fraction of sp³-hybridized carbons (Fsp3) is 0. The highest BCUT2D eigenvalue weighted by atomic mass is 32.1. The normalized spacial score (nSPS) is 11.6. The highest BCUT2D eigenvalue weighted by molar-refractivity contribution is 7.25. The second kappa shape index (κ2) is 15.8. The van der Waals surface area contributed by atoms with Gasteiger partial charge in [0, 0.05) is 63.6 Å². The minimum absolute atomic E-state index is 0.931. The first kappa shape index (κ1) is 38.3. The average Bonchev–Trinajstić information content (AvgIpc) is 4.20. The number of nitrogens with zero attached hydrogens (tertiary/aromatic N) is 4. The van der Waals surface area contributed by atoms with E-state index >= 15 is 0 Å². The van der Waals surface area contributed by atoms with E-state index in [2.05, 4.69) is 240 Å². The molecule has 0 fully saturated rings. The second-order valence-electron chi connectivity index (χ2n) is 16.5. The van der Waals surface area contributed by atoms with Crippen LogP contribution < -0.4 is 0 Å². The van der Waals surface area contributed by atoms with Gasteiger partial charge in [-0.25, -0.2) is 9.97 Å². The van der Waals surface area contributed by atoms with Crippen LogP contribution in [0.4, 0.5) is 0 Å². The number of thiophene rings is 2. The van der Waals surface area contributed by atoms with Crippen LogP contribution >= 0.6 is 22.7 Å². The molecule has 4 aromatic heterocycles. The molecule has 0 spiro atoms. The van der Waals surface area contributed by atoms with Crippen molar-refractivity contribution < 1.29 is 0 Å². The van der Waals surface area contributed by atoms with E-state index in [4.69, 9.17) is 9.97 Å². The Hall–Kier alpha value is -8.16. The quantitative estimate of drug-likeness (QED) is 0.152. The predicted octanol–water partition coefficient (Wildman–Crippen LogP) is 16.8. The molecule has 9 aromatic carbocycles. The van der Waals surface area contributed by atoms with Gasteiger partial charge in [-0.1, -0.05) is 170 Å². The van der Waals surface area contributed by atoms with Gasteiger partial charge in [0.2, 0.25) is 0 Å². The molecule has 66 heavy (non-hydrogen) atoms. The molecule has 0 atom stereocenters. The lowest BCUT2D eigenvalue weighted by atomic mass is 9.93. The number of fused-ring (bicyclic) bond motifs is 4. The highest BCUT2D eigenvalue weighted by Crippen LogP contribution is 2.52. The fourth-order valence-corrected chi connectivity index (χ4v) is 12.0. The van der Waals surface area contributed by atoms with Crippen molar-refractivity contribution in [2.45, 2.75) is 0 Å². The molecule has 0 bridgehead atoms. The van der Waals surface area contributed by atoms with Gasteiger partial charge in [0.15, 0.2) is 0 Å². The molecule has 13 aromatic rings. The number of imidazole rings is 2. The minimum atomic E-state index is 0.931. The van der Waals surface area contributed by atoms with Crippen LogP contribution in [0.2, 0.25) is 0 Å². The topological polar surface area (TPSA) is 35.6 Å². The van der Waals surface area contributed by atoms with Crippen LogP contribution in [0.1, 0.15) is 0 Å². The molecule has 4 heterocycles. The summed E-state index contributed by atoms with van der Waals surface area (Å²) < 4.78 is 7.11. The monoisotopic (exact) mass is 878 g/mol. The maximum atomic E-state index is 5.15. The third-order valence-corrected chi connectivity index (χ3v) is 15.0. The maximum Gasteiger partial charge on any atom is 0.145 e. The zero-order chi connectivity index (χ0) is 43.6. The van der Waals surface area contributed by atoms with Gasteiger partial charge < -0.3 is 0 Å². The van der Waals surface area contributed by atoms with E-state index in [1.807, 2.05) is 22.7 Å². The summed E-state index contributed by atoms with van der Waals surface area (Å²) in [5.41, 5.74) is 15.8. The summed E-state index contributed by atoms with van der Waals surface area (Å²) in [7, 11) is 0. The Morgan fingerprint density at radius 3 is 1.03 bits per heavy atom. The van der Waals surface area contributed by atoms with Crippen LogP contribution in [-0.4, -0.2) is 19.1 Å². The van der Waals surface area contributed by atoms with Crippen molar-refractivity contribution in [1.82, 2.24) is 19.1 Å². The number of hydrogen-bond donors (Lipinski definition) is 0. The molecule has 0 aliphatic carbocycles. The molecular weight excluding hydrogens is 841 g/mol. The lowest BCUT2D eigenvalue weighted by molar-refractivity contribution is 1.10. The standard InChI is InChI=1S/C60H38N4S2/c1-5-17-41(18-6-1)55-47-37-53(39-29-33-43(34-30-39)59-61-49-25-13-15-27-51(49)63(59)45-21-9-3-10-22-45)66-58(47)56(42-19-7-2-8-20-42)48-38-54(65-57(48)55)40-31-35-44(36-32-40)60-62-50-26-14-16-28-52(50)64(60)46-23-11-4-12-24-46/h1-38H. The SMILES string of the molecule is c1ccc(-c2c3cc(-c4ccc(-c5nc6ccccc6n5-c5ccccc5)cc4)sc3c(-c3ccccc3)c3cc(-c4ccc(-c5nc6ccccc6n5-c5ccccc5)cc4)sc23)cc1. The van der Waals surface area contributed by atoms with Crippen LogP contribution in [0.5, 0.6) is 0 Å². The van der Waals surface area contributed by atoms with Gasteiger partial charge in [-0.15, -0.1) is 22.7 Å². The van der Waals surface area contributed by atoms with Gasteiger partial charge in [0.25, 0.3) is 0 Å². The number of rotatable bonds is 8. The number of aromatic nitrogens is 4. The van der Waals surface area contributed by atoms with Gasteiger partial charge in [-0.05, 0) is 82.9 Å². The third-order valence-electron chi connectivity index (χ3n) is 12.6. The Morgan fingerprint density at radius 1 is 0.303 bits per heavy atom. The Morgan fingerprint density at radius 2 is 0.636 bits per heavy atom. The van der Waals surface area contributed by atoms with Crippen molar-refractivity contribution in [3.63, 3.8) is 0 Å². The smallest absolute Gasteiger partial charge is 0.145 e. The van der Waals surface area contributed by atoms with E-state index < -0.39 is 0 Å². The van der Waals surface area contributed by atoms with Gasteiger partial charge in [-0.2, -0.15) is 0 Å². The van der Waals surface area contributed by atoms with Crippen LogP contribution in [0.3, 0.4) is 0 Å². The molecule has 0 radical (unpaired) electrons. The zero-order valence-electron chi connectivity index (χ0n) is 35.5. The van der Waals surface area contributed by atoms with Gasteiger partial charge >= 0.3 is 0 Å².